The summed E-state index contributed by atoms with van der Waals surface area (Å²) in [5.74, 6) is -2.66. The van der Waals surface area contributed by atoms with Crippen LogP contribution in [0.25, 0.3) is 0 Å². The molecule has 0 radical (unpaired) electrons. The summed E-state index contributed by atoms with van der Waals surface area (Å²) in [7, 11) is 0. The molecular weight excluding hydrogens is 304 g/mol. The molecule has 0 fully saturated rings. The van der Waals surface area contributed by atoms with E-state index in [2.05, 4.69) is 0 Å². The summed E-state index contributed by atoms with van der Waals surface area (Å²) in [6, 6.07) is 6.99. The smallest absolute Gasteiger partial charge is 0.273 e. The van der Waals surface area contributed by atoms with Crippen molar-refractivity contribution in [2.75, 3.05) is 0 Å². The number of nitro groups is 1. The van der Waals surface area contributed by atoms with E-state index >= 15 is 0 Å². The maximum atomic E-state index is 13.6. The first-order chi connectivity index (χ1) is 9.90. The summed E-state index contributed by atoms with van der Waals surface area (Å²) in [4.78, 5) is 22.2. The van der Waals surface area contributed by atoms with Gasteiger partial charge in [0.05, 0.1) is 15.5 Å². The Kier molecular flexibility index (Phi) is 4.28. The largest absolute Gasteiger partial charge is 0.294 e. The molecule has 21 heavy (non-hydrogen) atoms. The minimum Gasteiger partial charge on any atom is -0.294 e. The molecule has 0 saturated heterocycles. The number of para-hydroxylation sites is 1. The monoisotopic (exact) mass is 311 g/mol. The van der Waals surface area contributed by atoms with E-state index in [4.69, 9.17) is 11.6 Å². The molecule has 0 spiro atoms. The molecule has 0 aromatic heterocycles. The molecule has 0 aliphatic rings. The first-order valence-corrected chi connectivity index (χ1v) is 6.18. The van der Waals surface area contributed by atoms with Crippen molar-refractivity contribution in [2.24, 2.45) is 0 Å². The maximum Gasteiger partial charge on any atom is 0.273 e. The van der Waals surface area contributed by atoms with E-state index in [0.29, 0.717) is 12.1 Å². The zero-order valence-corrected chi connectivity index (χ0v) is 11.2. The predicted molar refractivity (Wildman–Crippen MR) is 72.5 cm³/mol. The first-order valence-electron chi connectivity index (χ1n) is 5.80. The highest BCUT2D eigenvalue weighted by atomic mass is 35.5. The van der Waals surface area contributed by atoms with Gasteiger partial charge in [-0.15, -0.1) is 0 Å². The van der Waals surface area contributed by atoms with Crippen LogP contribution in [0, 0.1) is 21.7 Å². The van der Waals surface area contributed by atoms with E-state index < -0.39 is 39.3 Å². The fourth-order valence-corrected chi connectivity index (χ4v) is 1.99. The number of halogens is 3. The van der Waals surface area contributed by atoms with Crippen molar-refractivity contribution in [1.29, 1.82) is 0 Å². The van der Waals surface area contributed by atoms with Gasteiger partial charge in [-0.2, -0.15) is 0 Å². The number of rotatable bonds is 4. The van der Waals surface area contributed by atoms with Crippen LogP contribution in [-0.2, 0) is 6.42 Å². The van der Waals surface area contributed by atoms with Gasteiger partial charge in [0, 0.05) is 18.1 Å². The lowest BCUT2D eigenvalue weighted by Crippen LogP contribution is -2.08. The van der Waals surface area contributed by atoms with Gasteiger partial charge < -0.3 is 0 Å². The molecule has 2 rings (SSSR count). The molecule has 0 saturated carbocycles. The highest BCUT2D eigenvalue weighted by Crippen LogP contribution is 2.23. The molecule has 0 N–H and O–H groups in total. The minimum absolute atomic E-state index is 0.127. The van der Waals surface area contributed by atoms with Gasteiger partial charge in [0.25, 0.3) is 5.69 Å². The van der Waals surface area contributed by atoms with E-state index in [1.165, 1.54) is 24.3 Å². The number of nitrogens with zero attached hydrogens (tertiary/aromatic N) is 1. The summed E-state index contributed by atoms with van der Waals surface area (Å²) >= 11 is 5.40. The Morgan fingerprint density at radius 1 is 1.19 bits per heavy atom. The summed E-state index contributed by atoms with van der Waals surface area (Å²) in [5.41, 5.74) is -0.613. The van der Waals surface area contributed by atoms with Crippen molar-refractivity contribution in [3.05, 3.63) is 74.3 Å². The number of Topliss-reactive ketones (excluding diaryl/α,β-unsaturated/α-hetero) is 1. The van der Waals surface area contributed by atoms with Crippen molar-refractivity contribution in [1.82, 2.24) is 0 Å². The van der Waals surface area contributed by atoms with Gasteiger partial charge in [0.1, 0.15) is 11.6 Å². The van der Waals surface area contributed by atoms with Crippen LogP contribution < -0.4 is 0 Å². The third kappa shape index (κ3) is 3.22. The summed E-state index contributed by atoms with van der Waals surface area (Å²) in [5, 5.41) is 10.4. The number of hydrogen-bond acceptors (Lipinski definition) is 3. The van der Waals surface area contributed by atoms with Crippen LogP contribution in [0.1, 0.15) is 15.9 Å². The molecule has 4 nitrogen and oxygen atoms in total. The van der Waals surface area contributed by atoms with Gasteiger partial charge in [-0.1, -0.05) is 29.8 Å². The average molecular weight is 312 g/mol. The SMILES string of the molecule is O=C(Cc1ccccc1[N+](=O)[O-])c1cc(F)c(Cl)cc1F. The van der Waals surface area contributed by atoms with Gasteiger partial charge in [0.15, 0.2) is 5.78 Å². The number of benzene rings is 2. The van der Waals surface area contributed by atoms with Crippen LogP contribution in [0.15, 0.2) is 36.4 Å². The molecule has 108 valence electrons. The number of hydrogen-bond donors (Lipinski definition) is 0. The quantitative estimate of drug-likeness (QED) is 0.372. The van der Waals surface area contributed by atoms with Crippen LogP contribution in [0.2, 0.25) is 5.02 Å². The van der Waals surface area contributed by atoms with Crippen molar-refractivity contribution in [3.63, 3.8) is 0 Å². The minimum atomic E-state index is -0.968. The molecule has 0 amide bonds. The van der Waals surface area contributed by atoms with Crippen LogP contribution in [0.3, 0.4) is 0 Å². The standard InChI is InChI=1S/C14H8ClF2NO3/c15-10-7-11(16)9(6-12(10)17)14(19)5-8-3-1-2-4-13(8)18(20)21/h1-4,6-7H,5H2. The molecule has 7 heteroatoms. The van der Waals surface area contributed by atoms with E-state index in [-0.39, 0.29) is 11.3 Å². The molecule has 0 heterocycles. The number of carbonyl (C=O) groups excluding carboxylic acids is 1. The topological polar surface area (TPSA) is 60.2 Å². The van der Waals surface area contributed by atoms with Gasteiger partial charge in [0.2, 0.25) is 0 Å². The molecule has 0 atom stereocenters. The Balaban J connectivity index is 2.35. The molecule has 2 aromatic carbocycles. The lowest BCUT2D eigenvalue weighted by atomic mass is 10.0. The Bertz CT molecular complexity index is 734. The fourth-order valence-electron chi connectivity index (χ4n) is 1.84. The van der Waals surface area contributed by atoms with Gasteiger partial charge >= 0.3 is 0 Å². The second-order valence-corrected chi connectivity index (χ2v) is 4.64. The summed E-state index contributed by atoms with van der Waals surface area (Å²) < 4.78 is 26.9. The third-order valence-corrected chi connectivity index (χ3v) is 3.14. The molecule has 0 aliphatic heterocycles. The van der Waals surface area contributed by atoms with Crippen molar-refractivity contribution < 1.29 is 18.5 Å². The van der Waals surface area contributed by atoms with Crippen LogP contribution in [0.5, 0.6) is 0 Å². The first kappa shape index (κ1) is 15.1. The highest BCUT2D eigenvalue weighted by molar-refractivity contribution is 6.30. The van der Waals surface area contributed by atoms with E-state index in [9.17, 15) is 23.7 Å². The van der Waals surface area contributed by atoms with E-state index in [0.717, 1.165) is 0 Å². The van der Waals surface area contributed by atoms with Crippen molar-refractivity contribution in [2.45, 2.75) is 6.42 Å². The van der Waals surface area contributed by atoms with E-state index in [1.807, 2.05) is 0 Å². The molecule has 2 aromatic rings. The summed E-state index contributed by atoms with van der Waals surface area (Å²) in [6.45, 7) is 0. The Labute approximate surface area is 123 Å². The number of nitro benzene ring substituents is 1. The summed E-state index contributed by atoms with van der Waals surface area (Å²) in [6.07, 6.45) is -0.408. The molecular formula is C14H8ClF2NO3. The predicted octanol–water partition coefficient (Wildman–Crippen LogP) is 3.95. The lowest BCUT2D eigenvalue weighted by Gasteiger charge is -2.05. The van der Waals surface area contributed by atoms with Gasteiger partial charge in [-0.25, -0.2) is 8.78 Å². The number of ketones is 1. The second kappa shape index (κ2) is 5.97. The second-order valence-electron chi connectivity index (χ2n) is 4.23. The molecule has 0 aliphatic carbocycles. The maximum absolute atomic E-state index is 13.6. The Morgan fingerprint density at radius 3 is 2.52 bits per heavy atom. The zero-order chi connectivity index (χ0) is 15.6. The third-order valence-electron chi connectivity index (χ3n) is 2.85. The van der Waals surface area contributed by atoms with Crippen LogP contribution in [-0.4, -0.2) is 10.7 Å². The number of carbonyl (C=O) groups is 1. The zero-order valence-electron chi connectivity index (χ0n) is 10.5. The lowest BCUT2D eigenvalue weighted by molar-refractivity contribution is -0.385. The molecule has 0 bridgehead atoms. The average Bonchev–Trinajstić information content (AvgIpc) is 2.43. The molecule has 0 unspecified atom stereocenters. The fraction of sp³-hybridized carbons (Fsp3) is 0.0714. The van der Waals surface area contributed by atoms with Gasteiger partial charge in [-0.3, -0.25) is 14.9 Å². The highest BCUT2D eigenvalue weighted by Gasteiger charge is 2.20. The normalized spacial score (nSPS) is 10.4. The Morgan fingerprint density at radius 2 is 1.86 bits per heavy atom. The van der Waals surface area contributed by atoms with E-state index in [1.54, 1.807) is 0 Å². The van der Waals surface area contributed by atoms with Crippen LogP contribution >= 0.6 is 11.6 Å². The Hall–Kier alpha value is -2.34. The van der Waals surface area contributed by atoms with Crippen LogP contribution in [0.4, 0.5) is 14.5 Å². The van der Waals surface area contributed by atoms with Crippen molar-refractivity contribution in [3.8, 4) is 0 Å². The van der Waals surface area contributed by atoms with Crippen molar-refractivity contribution >= 4 is 23.1 Å². The van der Waals surface area contributed by atoms with Gasteiger partial charge in [-0.05, 0) is 12.1 Å².